The van der Waals surface area contributed by atoms with Crippen LogP contribution in [0.2, 0.25) is 0 Å². The molecule has 0 saturated carbocycles. The number of hydrogen-bond donors (Lipinski definition) is 2. The van der Waals surface area contributed by atoms with E-state index < -0.39 is 6.61 Å². The van der Waals surface area contributed by atoms with Gasteiger partial charge in [-0.25, -0.2) is 4.52 Å². The lowest BCUT2D eigenvalue weighted by atomic mass is 10.1. The van der Waals surface area contributed by atoms with E-state index in [1.165, 1.54) is 11.8 Å². The molecule has 1 fully saturated rings. The van der Waals surface area contributed by atoms with Gasteiger partial charge < -0.3 is 15.7 Å². The SMILES string of the molecule is N#Cc1ccccc1Sc1cc(-c2cnn([C@@H]3CCCN(C(=O)CO)C3)c2)cn2ncc(N)c12. The van der Waals surface area contributed by atoms with Gasteiger partial charge in [0.05, 0.1) is 29.7 Å². The Kier molecular flexibility index (Phi) is 5.96. The van der Waals surface area contributed by atoms with Gasteiger partial charge in [-0.15, -0.1) is 0 Å². The van der Waals surface area contributed by atoms with Crippen LogP contribution in [0.1, 0.15) is 24.4 Å². The second-order valence-electron chi connectivity index (χ2n) is 8.20. The van der Waals surface area contributed by atoms with E-state index in [0.29, 0.717) is 24.3 Å². The van der Waals surface area contributed by atoms with Crippen LogP contribution in [-0.2, 0) is 4.79 Å². The smallest absolute Gasteiger partial charge is 0.248 e. The number of benzene rings is 1. The monoisotopic (exact) mass is 473 g/mol. The Morgan fingerprint density at radius 2 is 2.06 bits per heavy atom. The van der Waals surface area contributed by atoms with E-state index in [1.807, 2.05) is 41.3 Å². The second kappa shape index (κ2) is 9.21. The normalized spacial score (nSPS) is 16.0. The van der Waals surface area contributed by atoms with Crippen molar-refractivity contribution in [3.05, 3.63) is 60.7 Å². The Balaban J connectivity index is 1.49. The maximum Gasteiger partial charge on any atom is 0.248 e. The number of aliphatic hydroxyl groups excluding tert-OH is 1. The molecule has 10 heteroatoms. The third-order valence-electron chi connectivity index (χ3n) is 6.03. The van der Waals surface area contributed by atoms with Gasteiger partial charge in [-0.05, 0) is 31.0 Å². The van der Waals surface area contributed by atoms with Crippen LogP contribution in [0.25, 0.3) is 16.6 Å². The Morgan fingerprint density at radius 1 is 1.21 bits per heavy atom. The molecule has 3 N–H and O–H groups in total. The molecule has 1 atom stereocenters. The van der Waals surface area contributed by atoms with Crippen molar-refractivity contribution in [1.29, 1.82) is 5.26 Å². The summed E-state index contributed by atoms with van der Waals surface area (Å²) in [6.07, 6.45) is 9.09. The van der Waals surface area contributed by atoms with Crippen molar-refractivity contribution in [2.24, 2.45) is 0 Å². The molecule has 1 amide bonds. The van der Waals surface area contributed by atoms with E-state index in [9.17, 15) is 15.2 Å². The van der Waals surface area contributed by atoms with E-state index in [0.717, 1.165) is 39.3 Å². The number of nitriles is 1. The lowest BCUT2D eigenvalue weighted by Gasteiger charge is -2.32. The number of fused-ring (bicyclic) bond motifs is 1. The molecule has 4 aromatic rings. The fourth-order valence-corrected chi connectivity index (χ4v) is 5.39. The maximum atomic E-state index is 11.9. The molecule has 4 heterocycles. The molecule has 34 heavy (non-hydrogen) atoms. The number of nitrogens with zero attached hydrogens (tertiary/aromatic N) is 6. The van der Waals surface area contributed by atoms with Crippen LogP contribution in [0, 0.1) is 11.3 Å². The highest BCUT2D eigenvalue weighted by atomic mass is 32.2. The summed E-state index contributed by atoms with van der Waals surface area (Å²) in [6.45, 7) is 0.715. The first kappa shape index (κ1) is 22.0. The molecule has 0 radical (unpaired) electrons. The van der Waals surface area contributed by atoms with Gasteiger partial charge in [0, 0.05) is 46.4 Å². The van der Waals surface area contributed by atoms with Crippen LogP contribution in [0.5, 0.6) is 0 Å². The number of aromatic nitrogens is 4. The lowest BCUT2D eigenvalue weighted by Crippen LogP contribution is -2.42. The van der Waals surface area contributed by atoms with Crippen LogP contribution >= 0.6 is 11.8 Å². The number of hydrogen-bond acceptors (Lipinski definition) is 7. The van der Waals surface area contributed by atoms with Crippen molar-refractivity contribution in [3.63, 3.8) is 0 Å². The van der Waals surface area contributed by atoms with Crippen LogP contribution < -0.4 is 5.73 Å². The standard InChI is InChI=1S/C24H23N7O2S/c25-9-16-4-1-2-6-21(16)34-22-8-17(12-31-24(22)20(26)11-28-31)18-10-27-30(13-18)19-5-3-7-29(14-19)23(33)15-32/h1-2,4,6,8,10-13,19,32H,3,5,7,14-15,26H2/t19-/m1/s1. The van der Waals surface area contributed by atoms with Crippen molar-refractivity contribution in [1.82, 2.24) is 24.3 Å². The minimum absolute atomic E-state index is 0.0541. The van der Waals surface area contributed by atoms with Crippen LogP contribution in [0.3, 0.4) is 0 Å². The van der Waals surface area contributed by atoms with Crippen LogP contribution in [-0.4, -0.2) is 55.0 Å². The van der Waals surface area contributed by atoms with Crippen LogP contribution in [0.15, 0.2) is 64.9 Å². The zero-order valence-corrected chi connectivity index (χ0v) is 19.1. The predicted octanol–water partition coefficient (Wildman–Crippen LogP) is 2.96. The molecular formula is C24H23N7O2S. The summed E-state index contributed by atoms with van der Waals surface area (Å²) < 4.78 is 3.65. The van der Waals surface area contributed by atoms with E-state index in [-0.39, 0.29) is 11.9 Å². The predicted molar refractivity (Wildman–Crippen MR) is 128 cm³/mol. The highest BCUT2D eigenvalue weighted by molar-refractivity contribution is 7.99. The molecule has 0 bridgehead atoms. The topological polar surface area (TPSA) is 125 Å². The van der Waals surface area contributed by atoms with Crippen molar-refractivity contribution in [2.75, 3.05) is 25.4 Å². The molecule has 1 aliphatic heterocycles. The Hall–Kier alpha value is -3.81. The van der Waals surface area contributed by atoms with Gasteiger partial charge in [0.15, 0.2) is 0 Å². The first-order chi connectivity index (χ1) is 16.6. The molecule has 1 saturated heterocycles. The average molecular weight is 474 g/mol. The Morgan fingerprint density at radius 3 is 2.88 bits per heavy atom. The van der Waals surface area contributed by atoms with Gasteiger partial charge >= 0.3 is 0 Å². The number of carbonyl (C=O) groups excluding carboxylic acids is 1. The zero-order chi connectivity index (χ0) is 23.7. The van der Waals surface area contributed by atoms with Crippen LogP contribution in [0.4, 0.5) is 5.69 Å². The number of nitrogen functional groups attached to an aromatic ring is 1. The van der Waals surface area contributed by atoms with E-state index in [1.54, 1.807) is 27.9 Å². The molecule has 1 aliphatic rings. The molecule has 0 unspecified atom stereocenters. The maximum absolute atomic E-state index is 11.9. The van der Waals surface area contributed by atoms with Gasteiger partial charge in [0.1, 0.15) is 18.2 Å². The number of anilines is 1. The first-order valence-corrected chi connectivity index (χ1v) is 11.8. The largest absolute Gasteiger partial charge is 0.396 e. The van der Waals surface area contributed by atoms with Gasteiger partial charge in [-0.3, -0.25) is 9.48 Å². The fraction of sp³-hybridized carbons (Fsp3) is 0.250. The van der Waals surface area contributed by atoms with E-state index in [2.05, 4.69) is 16.3 Å². The number of likely N-dealkylation sites (tertiary alicyclic amines) is 1. The molecule has 0 spiro atoms. The van der Waals surface area contributed by atoms with Gasteiger partial charge in [0.25, 0.3) is 0 Å². The molecular weight excluding hydrogens is 450 g/mol. The first-order valence-electron chi connectivity index (χ1n) is 10.9. The van der Waals surface area contributed by atoms with Crippen molar-refractivity contribution < 1.29 is 9.90 Å². The Labute approximate surface area is 200 Å². The summed E-state index contributed by atoms with van der Waals surface area (Å²) in [5.41, 5.74) is 10.00. The van der Waals surface area contributed by atoms with Gasteiger partial charge in [-0.1, -0.05) is 23.9 Å². The number of pyridine rings is 1. The number of carbonyl (C=O) groups is 1. The summed E-state index contributed by atoms with van der Waals surface area (Å²) in [5.74, 6) is -0.252. The number of aliphatic hydroxyl groups is 1. The molecule has 3 aromatic heterocycles. The summed E-state index contributed by atoms with van der Waals surface area (Å²) in [4.78, 5) is 15.4. The summed E-state index contributed by atoms with van der Waals surface area (Å²) >= 11 is 1.48. The molecule has 172 valence electrons. The average Bonchev–Trinajstić information content (AvgIpc) is 3.51. The Bertz CT molecular complexity index is 1400. The zero-order valence-electron chi connectivity index (χ0n) is 18.3. The third kappa shape index (κ3) is 4.11. The lowest BCUT2D eigenvalue weighted by molar-refractivity contribution is -0.135. The highest BCUT2D eigenvalue weighted by Gasteiger charge is 2.25. The number of nitrogens with two attached hydrogens (primary N) is 1. The number of rotatable bonds is 5. The number of piperidine rings is 1. The fourth-order valence-electron chi connectivity index (χ4n) is 4.29. The van der Waals surface area contributed by atoms with Crippen molar-refractivity contribution in [3.8, 4) is 17.2 Å². The minimum Gasteiger partial charge on any atom is -0.396 e. The van der Waals surface area contributed by atoms with Gasteiger partial charge in [-0.2, -0.15) is 15.5 Å². The molecule has 0 aliphatic carbocycles. The summed E-state index contributed by atoms with van der Waals surface area (Å²) in [7, 11) is 0. The molecule has 9 nitrogen and oxygen atoms in total. The van der Waals surface area contributed by atoms with Crippen molar-refractivity contribution in [2.45, 2.75) is 28.7 Å². The molecule has 1 aromatic carbocycles. The summed E-state index contributed by atoms with van der Waals surface area (Å²) in [6, 6.07) is 11.8. The summed E-state index contributed by atoms with van der Waals surface area (Å²) in [5, 5.41) is 27.7. The highest BCUT2D eigenvalue weighted by Crippen LogP contribution is 2.38. The number of amides is 1. The molecule has 5 rings (SSSR count). The van der Waals surface area contributed by atoms with E-state index in [4.69, 9.17) is 5.73 Å². The third-order valence-corrected chi connectivity index (χ3v) is 7.13. The quantitative estimate of drug-likeness (QED) is 0.456. The second-order valence-corrected chi connectivity index (χ2v) is 9.28. The van der Waals surface area contributed by atoms with Crippen molar-refractivity contribution >= 4 is 28.9 Å². The van der Waals surface area contributed by atoms with E-state index >= 15 is 0 Å². The minimum atomic E-state index is -0.473. The van der Waals surface area contributed by atoms with Gasteiger partial charge in [0.2, 0.25) is 5.91 Å².